The Kier molecular flexibility index (Phi) is 4.76. The lowest BCUT2D eigenvalue weighted by molar-refractivity contribution is 0.0947. The summed E-state index contributed by atoms with van der Waals surface area (Å²) in [4.78, 5) is 0.163. The predicted molar refractivity (Wildman–Crippen MR) is 74.6 cm³/mol. The molecule has 0 saturated carbocycles. The lowest BCUT2D eigenvalue weighted by Gasteiger charge is -2.23. The fourth-order valence-corrected chi connectivity index (χ4v) is 3.81. The molecule has 0 aromatic heterocycles. The number of hydrogen-bond donors (Lipinski definition) is 0. The van der Waals surface area contributed by atoms with Crippen LogP contribution in [-0.2, 0) is 14.8 Å². The zero-order valence-corrected chi connectivity index (χ0v) is 12.3. The van der Waals surface area contributed by atoms with Crippen LogP contribution in [0.3, 0.4) is 0 Å². The van der Waals surface area contributed by atoms with E-state index in [9.17, 15) is 8.42 Å². The van der Waals surface area contributed by atoms with Gasteiger partial charge in [-0.1, -0.05) is 13.0 Å². The number of hydrogen-bond acceptors (Lipinski definition) is 4. The average Bonchev–Trinajstić information content (AvgIpc) is 2.97. The summed E-state index contributed by atoms with van der Waals surface area (Å²) in [5, 5.41) is 8.87. The van der Waals surface area contributed by atoms with E-state index in [0.29, 0.717) is 25.3 Å². The van der Waals surface area contributed by atoms with Gasteiger partial charge in [0.2, 0.25) is 10.0 Å². The first-order valence-electron chi connectivity index (χ1n) is 6.70. The molecule has 1 saturated heterocycles. The van der Waals surface area contributed by atoms with Crippen LogP contribution in [0.5, 0.6) is 0 Å². The summed E-state index contributed by atoms with van der Waals surface area (Å²) in [6, 6.07) is 8.08. The molecule has 1 heterocycles. The minimum absolute atomic E-state index is 0.0242. The quantitative estimate of drug-likeness (QED) is 0.829. The van der Waals surface area contributed by atoms with E-state index in [1.54, 1.807) is 19.1 Å². The molecule has 0 N–H and O–H groups in total. The fourth-order valence-electron chi connectivity index (χ4n) is 2.29. The summed E-state index contributed by atoms with van der Waals surface area (Å²) < 4.78 is 32.1. The first-order chi connectivity index (χ1) is 9.57. The van der Waals surface area contributed by atoms with Gasteiger partial charge in [0, 0.05) is 19.7 Å². The SMILES string of the molecule is CCN(C[C@H]1CCCO1)S(=O)(=O)c1cccc(C#N)c1. The number of likely N-dealkylation sites (N-methyl/N-ethyl adjacent to an activating group) is 1. The van der Waals surface area contributed by atoms with Crippen LogP contribution in [0.1, 0.15) is 25.3 Å². The van der Waals surface area contributed by atoms with E-state index in [1.165, 1.54) is 16.4 Å². The Morgan fingerprint density at radius 2 is 2.30 bits per heavy atom. The van der Waals surface area contributed by atoms with Crippen LogP contribution in [0.25, 0.3) is 0 Å². The highest BCUT2D eigenvalue weighted by Crippen LogP contribution is 2.20. The summed E-state index contributed by atoms with van der Waals surface area (Å²) in [5.74, 6) is 0. The van der Waals surface area contributed by atoms with Gasteiger partial charge in [-0.25, -0.2) is 8.42 Å². The fraction of sp³-hybridized carbons (Fsp3) is 0.500. The number of ether oxygens (including phenoxy) is 1. The maximum absolute atomic E-state index is 12.6. The summed E-state index contributed by atoms with van der Waals surface area (Å²) in [6.45, 7) is 3.27. The van der Waals surface area contributed by atoms with Gasteiger partial charge in [0.25, 0.3) is 0 Å². The summed E-state index contributed by atoms with van der Waals surface area (Å²) in [7, 11) is -3.57. The zero-order valence-electron chi connectivity index (χ0n) is 11.4. The smallest absolute Gasteiger partial charge is 0.243 e. The Balaban J connectivity index is 2.23. The van der Waals surface area contributed by atoms with Crippen LogP contribution in [0.4, 0.5) is 0 Å². The highest BCUT2D eigenvalue weighted by molar-refractivity contribution is 7.89. The number of rotatable bonds is 5. The van der Waals surface area contributed by atoms with E-state index in [2.05, 4.69) is 0 Å². The molecule has 2 rings (SSSR count). The Bertz CT molecular complexity index is 601. The number of nitrogens with zero attached hydrogens (tertiary/aromatic N) is 2. The second-order valence-corrected chi connectivity index (χ2v) is 6.67. The van der Waals surface area contributed by atoms with Gasteiger partial charge in [0.1, 0.15) is 0 Å². The van der Waals surface area contributed by atoms with Crippen molar-refractivity contribution in [3.63, 3.8) is 0 Å². The minimum atomic E-state index is -3.57. The van der Waals surface area contributed by atoms with Gasteiger partial charge in [0.05, 0.1) is 22.6 Å². The van der Waals surface area contributed by atoms with Gasteiger partial charge in [-0.2, -0.15) is 9.57 Å². The van der Waals surface area contributed by atoms with Gasteiger partial charge >= 0.3 is 0 Å². The highest BCUT2D eigenvalue weighted by atomic mass is 32.2. The molecule has 1 aliphatic rings. The Labute approximate surface area is 119 Å². The first kappa shape index (κ1) is 15.0. The van der Waals surface area contributed by atoms with E-state index in [1.807, 2.05) is 6.07 Å². The lowest BCUT2D eigenvalue weighted by Crippen LogP contribution is -2.37. The highest BCUT2D eigenvalue weighted by Gasteiger charge is 2.27. The van der Waals surface area contributed by atoms with Crippen LogP contribution in [-0.4, -0.2) is 38.5 Å². The lowest BCUT2D eigenvalue weighted by atomic mass is 10.2. The van der Waals surface area contributed by atoms with Crippen molar-refractivity contribution >= 4 is 10.0 Å². The van der Waals surface area contributed by atoms with E-state index < -0.39 is 10.0 Å². The molecule has 1 aliphatic heterocycles. The number of nitriles is 1. The Morgan fingerprint density at radius 3 is 2.90 bits per heavy atom. The molecule has 20 heavy (non-hydrogen) atoms. The Hall–Kier alpha value is -1.42. The van der Waals surface area contributed by atoms with Crippen LogP contribution in [0, 0.1) is 11.3 Å². The van der Waals surface area contributed by atoms with Gasteiger partial charge in [0.15, 0.2) is 0 Å². The molecular weight excluding hydrogens is 276 g/mol. The van der Waals surface area contributed by atoms with Gasteiger partial charge in [-0.05, 0) is 31.0 Å². The maximum atomic E-state index is 12.6. The molecule has 1 fully saturated rings. The predicted octanol–water partition coefficient (Wildman–Crippen LogP) is 1.75. The van der Waals surface area contributed by atoms with Crippen molar-refractivity contribution < 1.29 is 13.2 Å². The standard InChI is InChI=1S/C14H18N2O3S/c1-2-16(11-13-6-4-8-19-13)20(17,18)14-7-3-5-12(9-14)10-15/h3,5,7,9,13H,2,4,6,8,11H2,1H3/t13-/m1/s1. The minimum Gasteiger partial charge on any atom is -0.377 e. The summed E-state index contributed by atoms with van der Waals surface area (Å²) in [5.41, 5.74) is 0.347. The summed E-state index contributed by atoms with van der Waals surface area (Å²) >= 11 is 0. The largest absolute Gasteiger partial charge is 0.377 e. The van der Waals surface area contributed by atoms with E-state index in [0.717, 1.165) is 12.8 Å². The topological polar surface area (TPSA) is 70.4 Å². The van der Waals surface area contributed by atoms with Crippen molar-refractivity contribution in [2.24, 2.45) is 0 Å². The molecule has 1 atom stereocenters. The van der Waals surface area contributed by atoms with Crippen molar-refractivity contribution in [1.82, 2.24) is 4.31 Å². The van der Waals surface area contributed by atoms with Gasteiger partial charge < -0.3 is 4.74 Å². The molecule has 0 aliphatic carbocycles. The molecule has 0 bridgehead atoms. The van der Waals surface area contributed by atoms with Crippen molar-refractivity contribution in [2.75, 3.05) is 19.7 Å². The van der Waals surface area contributed by atoms with Gasteiger partial charge in [-0.3, -0.25) is 0 Å². The summed E-state index contributed by atoms with van der Waals surface area (Å²) in [6.07, 6.45) is 1.85. The van der Waals surface area contributed by atoms with Crippen LogP contribution >= 0.6 is 0 Å². The van der Waals surface area contributed by atoms with Crippen LogP contribution in [0.2, 0.25) is 0 Å². The molecule has 0 spiro atoms. The molecule has 1 aromatic carbocycles. The molecule has 108 valence electrons. The molecule has 0 unspecified atom stereocenters. The zero-order chi connectivity index (χ0) is 14.6. The second-order valence-electron chi connectivity index (χ2n) is 4.73. The maximum Gasteiger partial charge on any atom is 0.243 e. The number of benzene rings is 1. The number of sulfonamides is 1. The van der Waals surface area contributed by atoms with Crippen molar-refractivity contribution in [3.8, 4) is 6.07 Å². The van der Waals surface area contributed by atoms with E-state index >= 15 is 0 Å². The average molecular weight is 294 g/mol. The molecule has 6 heteroatoms. The monoisotopic (exact) mass is 294 g/mol. The third kappa shape index (κ3) is 3.18. The molecule has 0 radical (unpaired) electrons. The van der Waals surface area contributed by atoms with Crippen molar-refractivity contribution in [3.05, 3.63) is 29.8 Å². The third-order valence-electron chi connectivity index (χ3n) is 3.38. The first-order valence-corrected chi connectivity index (χ1v) is 8.14. The Morgan fingerprint density at radius 1 is 1.50 bits per heavy atom. The van der Waals surface area contributed by atoms with E-state index in [-0.39, 0.29) is 11.0 Å². The van der Waals surface area contributed by atoms with Crippen LogP contribution in [0.15, 0.2) is 29.2 Å². The molecule has 0 amide bonds. The van der Waals surface area contributed by atoms with E-state index in [4.69, 9.17) is 10.00 Å². The normalized spacial score (nSPS) is 19.1. The van der Waals surface area contributed by atoms with Crippen molar-refractivity contribution in [2.45, 2.75) is 30.8 Å². The van der Waals surface area contributed by atoms with Crippen molar-refractivity contribution in [1.29, 1.82) is 5.26 Å². The third-order valence-corrected chi connectivity index (χ3v) is 5.32. The van der Waals surface area contributed by atoms with Crippen LogP contribution < -0.4 is 0 Å². The molecule has 5 nitrogen and oxygen atoms in total. The second kappa shape index (κ2) is 6.35. The molecular formula is C14H18N2O3S. The molecule has 1 aromatic rings. The van der Waals surface area contributed by atoms with Gasteiger partial charge in [-0.15, -0.1) is 0 Å².